The van der Waals surface area contributed by atoms with Crippen LogP contribution < -0.4 is 0 Å². The molecule has 39 heavy (non-hydrogen) atoms. The molecule has 0 aromatic rings. The van der Waals surface area contributed by atoms with Crippen molar-refractivity contribution in [3.63, 3.8) is 0 Å². The highest BCUT2D eigenvalue weighted by Gasteiger charge is 2.82. The summed E-state index contributed by atoms with van der Waals surface area (Å²) in [7, 11) is 0. The quantitative estimate of drug-likeness (QED) is 0.0707. The second kappa shape index (κ2) is 20.2. The summed E-state index contributed by atoms with van der Waals surface area (Å²) in [5.41, 5.74) is 0. The molecule has 0 aromatic heterocycles. The maximum Gasteiger partial charge on any atom is 0.460 e. The molecule has 0 fully saturated rings. The van der Waals surface area contributed by atoms with Crippen LogP contribution in [0.25, 0.3) is 0 Å². The summed E-state index contributed by atoms with van der Waals surface area (Å²) in [5, 5.41) is 0. The van der Waals surface area contributed by atoms with Crippen LogP contribution in [0.15, 0.2) is 0 Å². The third-order valence-corrected chi connectivity index (χ3v) is 7.05. The Morgan fingerprint density at radius 2 is 0.538 bits per heavy atom. The van der Waals surface area contributed by atoms with Gasteiger partial charge in [-0.3, -0.25) is 0 Å². The molecule has 0 saturated carbocycles. The fraction of sp³-hybridized carbons (Fsp3) is 1.00. The van der Waals surface area contributed by atoms with Gasteiger partial charge in [-0.15, -0.1) is 0 Å². The normalized spacial score (nSPS) is 13.4. The molecular weight excluding hydrogens is 540 g/mol. The van der Waals surface area contributed by atoms with E-state index in [0.717, 1.165) is 0 Å². The standard InChI is InChI=1S/C24H52N.C4F10/c1-5-9-13-17-21-25(22-18-14-10-6-2,23-19-15-11-7-3)24-20-16-12-8-4;5-1(6,3(9,10)11)2(7,8)4(12,13)14/h5-24H2,1-4H3;/q+1;. The van der Waals surface area contributed by atoms with Gasteiger partial charge in [-0.1, -0.05) is 79.1 Å². The van der Waals surface area contributed by atoms with Gasteiger partial charge in [0.25, 0.3) is 0 Å². The first kappa shape index (κ1) is 40.4. The molecule has 0 N–H and O–H groups in total. The van der Waals surface area contributed by atoms with E-state index in [-0.39, 0.29) is 0 Å². The Morgan fingerprint density at radius 3 is 0.692 bits per heavy atom. The van der Waals surface area contributed by atoms with E-state index >= 15 is 0 Å². The minimum absolute atomic E-state index is 1.36. The lowest BCUT2D eigenvalue weighted by molar-refractivity contribution is -0.929. The molecule has 0 rings (SSSR count). The first-order valence-electron chi connectivity index (χ1n) is 14.7. The Labute approximate surface area is 229 Å². The van der Waals surface area contributed by atoms with Gasteiger partial charge in [-0.25, -0.2) is 0 Å². The molecule has 0 amide bonds. The van der Waals surface area contributed by atoms with Crippen molar-refractivity contribution in [3.8, 4) is 0 Å². The molecular formula is C28H52F10N+. The molecule has 0 saturated heterocycles. The van der Waals surface area contributed by atoms with E-state index in [4.69, 9.17) is 0 Å². The van der Waals surface area contributed by atoms with Crippen LogP contribution in [0.5, 0.6) is 0 Å². The van der Waals surface area contributed by atoms with Crippen LogP contribution in [0.2, 0.25) is 0 Å². The molecule has 0 aliphatic carbocycles. The van der Waals surface area contributed by atoms with E-state index in [1.165, 1.54) is 133 Å². The largest absolute Gasteiger partial charge is 0.460 e. The van der Waals surface area contributed by atoms with Crippen molar-refractivity contribution in [2.45, 2.75) is 155 Å². The fourth-order valence-corrected chi connectivity index (χ4v) is 4.52. The molecule has 1 nitrogen and oxygen atoms in total. The van der Waals surface area contributed by atoms with Crippen molar-refractivity contribution in [2.75, 3.05) is 26.2 Å². The van der Waals surface area contributed by atoms with Crippen molar-refractivity contribution >= 4 is 0 Å². The Bertz CT molecular complexity index is 496. The van der Waals surface area contributed by atoms with E-state index in [0.29, 0.717) is 0 Å². The number of rotatable bonds is 21. The molecule has 0 aromatic carbocycles. The van der Waals surface area contributed by atoms with Crippen LogP contribution in [0.4, 0.5) is 43.9 Å². The van der Waals surface area contributed by atoms with Crippen molar-refractivity contribution in [1.29, 1.82) is 0 Å². The Morgan fingerprint density at radius 1 is 0.333 bits per heavy atom. The predicted molar refractivity (Wildman–Crippen MR) is 138 cm³/mol. The van der Waals surface area contributed by atoms with Crippen molar-refractivity contribution in [3.05, 3.63) is 0 Å². The first-order valence-corrected chi connectivity index (χ1v) is 14.7. The fourth-order valence-electron chi connectivity index (χ4n) is 4.52. The summed E-state index contributed by atoms with van der Waals surface area (Å²) in [5.74, 6) is -14.3. The second-order valence-electron chi connectivity index (χ2n) is 10.6. The highest BCUT2D eigenvalue weighted by atomic mass is 19.4. The number of quaternary nitrogens is 1. The van der Waals surface area contributed by atoms with Gasteiger partial charge >= 0.3 is 24.2 Å². The van der Waals surface area contributed by atoms with Crippen LogP contribution in [-0.2, 0) is 0 Å². The van der Waals surface area contributed by atoms with Crippen LogP contribution >= 0.6 is 0 Å². The average molecular weight is 593 g/mol. The van der Waals surface area contributed by atoms with E-state index in [2.05, 4.69) is 27.7 Å². The van der Waals surface area contributed by atoms with Crippen molar-refractivity contribution < 1.29 is 48.4 Å². The lowest BCUT2D eigenvalue weighted by atomic mass is 10.1. The molecule has 0 aliphatic rings. The minimum Gasteiger partial charge on any atom is -0.324 e. The zero-order valence-electron chi connectivity index (χ0n) is 24.4. The number of hydrogen-bond acceptors (Lipinski definition) is 0. The van der Waals surface area contributed by atoms with Gasteiger partial charge in [-0.2, -0.15) is 43.9 Å². The summed E-state index contributed by atoms with van der Waals surface area (Å²) >= 11 is 0. The Hall–Kier alpha value is -0.740. The van der Waals surface area contributed by atoms with E-state index in [1.54, 1.807) is 0 Å². The zero-order chi connectivity index (χ0) is 30.6. The molecule has 0 bridgehead atoms. The molecule has 0 radical (unpaired) electrons. The molecule has 0 spiro atoms. The van der Waals surface area contributed by atoms with Gasteiger partial charge in [0.05, 0.1) is 26.2 Å². The van der Waals surface area contributed by atoms with Crippen LogP contribution in [0.1, 0.15) is 130 Å². The van der Waals surface area contributed by atoms with Crippen molar-refractivity contribution in [2.24, 2.45) is 0 Å². The third-order valence-electron chi connectivity index (χ3n) is 7.05. The number of hydrogen-bond donors (Lipinski definition) is 0. The molecule has 238 valence electrons. The van der Waals surface area contributed by atoms with Gasteiger partial charge in [0.1, 0.15) is 0 Å². The highest BCUT2D eigenvalue weighted by Crippen LogP contribution is 2.53. The van der Waals surface area contributed by atoms with Gasteiger partial charge in [-0.05, 0) is 51.4 Å². The number of nitrogens with zero attached hydrogens (tertiary/aromatic N) is 1. The number of unbranched alkanes of at least 4 members (excludes halogenated alkanes) is 12. The summed E-state index contributed by atoms with van der Waals surface area (Å²) in [6, 6.07) is 0. The molecule has 0 unspecified atom stereocenters. The predicted octanol–water partition coefficient (Wildman–Crippen LogP) is 11.5. The molecule has 0 heterocycles. The topological polar surface area (TPSA) is 0 Å². The second-order valence-corrected chi connectivity index (χ2v) is 10.6. The van der Waals surface area contributed by atoms with Gasteiger partial charge in [0, 0.05) is 0 Å². The summed E-state index contributed by atoms with van der Waals surface area (Å²) in [6.07, 6.45) is 8.91. The molecule has 11 heteroatoms. The zero-order valence-corrected chi connectivity index (χ0v) is 24.4. The monoisotopic (exact) mass is 592 g/mol. The SMILES string of the molecule is CCCCCC[N+](CCCCCC)(CCCCCC)CCCCCC.FC(F)(F)C(F)(F)C(F)(F)C(F)(F)F. The third kappa shape index (κ3) is 15.7. The van der Waals surface area contributed by atoms with Crippen LogP contribution in [0, 0.1) is 0 Å². The summed E-state index contributed by atoms with van der Waals surface area (Å²) in [4.78, 5) is 0. The van der Waals surface area contributed by atoms with E-state index in [1.807, 2.05) is 0 Å². The van der Waals surface area contributed by atoms with E-state index < -0.39 is 24.2 Å². The maximum absolute atomic E-state index is 11.6. The first-order chi connectivity index (χ1) is 18.0. The number of alkyl halides is 10. The summed E-state index contributed by atoms with van der Waals surface area (Å²) in [6.45, 7) is 15.2. The van der Waals surface area contributed by atoms with E-state index in [9.17, 15) is 43.9 Å². The Kier molecular flexibility index (Phi) is 20.9. The van der Waals surface area contributed by atoms with Crippen LogP contribution in [-0.4, -0.2) is 54.9 Å². The van der Waals surface area contributed by atoms with Gasteiger partial charge < -0.3 is 4.48 Å². The lowest BCUT2D eigenvalue weighted by Crippen LogP contribution is -2.59. The van der Waals surface area contributed by atoms with Crippen molar-refractivity contribution in [1.82, 2.24) is 0 Å². The maximum atomic E-state index is 11.6. The number of halogens is 10. The van der Waals surface area contributed by atoms with Crippen LogP contribution in [0.3, 0.4) is 0 Å². The average Bonchev–Trinajstić information content (AvgIpc) is 2.84. The molecule has 0 atom stereocenters. The van der Waals surface area contributed by atoms with Gasteiger partial charge in [0.2, 0.25) is 0 Å². The Balaban J connectivity index is 0. The van der Waals surface area contributed by atoms with Gasteiger partial charge in [0.15, 0.2) is 0 Å². The highest BCUT2D eigenvalue weighted by molar-refractivity contribution is 4.95. The summed E-state index contributed by atoms with van der Waals surface area (Å²) < 4.78 is 115. The molecule has 0 aliphatic heterocycles. The minimum atomic E-state index is -7.14. The lowest BCUT2D eigenvalue weighted by Gasteiger charge is -2.39. The smallest absolute Gasteiger partial charge is 0.324 e.